The minimum absolute atomic E-state index is 0.0335. The van der Waals surface area contributed by atoms with E-state index in [1.54, 1.807) is 42.3 Å². The molecule has 1 aliphatic rings. The fraction of sp³-hybridized carbons (Fsp3) is 0.318. The van der Waals surface area contributed by atoms with E-state index in [-0.39, 0.29) is 23.6 Å². The van der Waals surface area contributed by atoms with Gasteiger partial charge in [0.25, 0.3) is 11.8 Å². The summed E-state index contributed by atoms with van der Waals surface area (Å²) in [5, 5.41) is 5.54. The molecule has 2 aromatic carbocycles. The van der Waals surface area contributed by atoms with Crippen LogP contribution in [0.4, 0.5) is 5.69 Å². The highest BCUT2D eigenvalue weighted by Gasteiger charge is 2.27. The van der Waals surface area contributed by atoms with Crippen molar-refractivity contribution in [1.82, 2.24) is 10.2 Å². The van der Waals surface area contributed by atoms with Crippen molar-refractivity contribution >= 4 is 23.4 Å². The SMILES string of the molecule is CNC(=O)C1CCN(C(=O)c2cccc(NC(=O)c3ccccc3C)c2)CC1. The van der Waals surface area contributed by atoms with E-state index in [2.05, 4.69) is 10.6 Å². The first-order valence-corrected chi connectivity index (χ1v) is 9.47. The van der Waals surface area contributed by atoms with Crippen LogP contribution in [-0.2, 0) is 4.79 Å². The maximum atomic E-state index is 12.8. The van der Waals surface area contributed by atoms with Gasteiger partial charge >= 0.3 is 0 Å². The van der Waals surface area contributed by atoms with Crippen LogP contribution in [0.5, 0.6) is 0 Å². The summed E-state index contributed by atoms with van der Waals surface area (Å²) >= 11 is 0. The van der Waals surface area contributed by atoms with Crippen molar-refractivity contribution in [3.05, 3.63) is 65.2 Å². The van der Waals surface area contributed by atoms with Crippen LogP contribution in [0, 0.1) is 12.8 Å². The van der Waals surface area contributed by atoms with Crippen LogP contribution in [-0.4, -0.2) is 42.8 Å². The number of nitrogens with zero attached hydrogens (tertiary/aromatic N) is 1. The van der Waals surface area contributed by atoms with Crippen LogP contribution in [0.15, 0.2) is 48.5 Å². The Balaban J connectivity index is 1.66. The van der Waals surface area contributed by atoms with Crippen LogP contribution in [0.2, 0.25) is 0 Å². The van der Waals surface area contributed by atoms with Gasteiger partial charge < -0.3 is 15.5 Å². The highest BCUT2D eigenvalue weighted by Crippen LogP contribution is 2.21. The third-order valence-electron chi connectivity index (χ3n) is 5.16. The van der Waals surface area contributed by atoms with Gasteiger partial charge in [-0.25, -0.2) is 0 Å². The molecule has 3 amide bonds. The molecular weight excluding hydrogens is 354 g/mol. The van der Waals surface area contributed by atoms with Crippen LogP contribution >= 0.6 is 0 Å². The number of piperidine rings is 1. The molecule has 146 valence electrons. The molecule has 0 aliphatic carbocycles. The smallest absolute Gasteiger partial charge is 0.255 e. The lowest BCUT2D eigenvalue weighted by atomic mass is 9.95. The van der Waals surface area contributed by atoms with Crippen molar-refractivity contribution in [2.75, 3.05) is 25.5 Å². The first-order chi connectivity index (χ1) is 13.5. The molecule has 0 spiro atoms. The van der Waals surface area contributed by atoms with E-state index in [1.165, 1.54) is 0 Å². The van der Waals surface area contributed by atoms with Crippen LogP contribution < -0.4 is 10.6 Å². The molecule has 28 heavy (non-hydrogen) atoms. The third-order valence-corrected chi connectivity index (χ3v) is 5.16. The maximum absolute atomic E-state index is 12.8. The average Bonchev–Trinajstić information content (AvgIpc) is 2.73. The summed E-state index contributed by atoms with van der Waals surface area (Å²) in [7, 11) is 1.64. The van der Waals surface area contributed by atoms with E-state index in [0.717, 1.165) is 5.56 Å². The van der Waals surface area contributed by atoms with Gasteiger partial charge in [-0.2, -0.15) is 0 Å². The van der Waals surface area contributed by atoms with E-state index in [9.17, 15) is 14.4 Å². The summed E-state index contributed by atoms with van der Waals surface area (Å²) in [5.41, 5.74) is 2.61. The van der Waals surface area contributed by atoms with Crippen LogP contribution in [0.3, 0.4) is 0 Å². The van der Waals surface area contributed by atoms with Crippen LogP contribution in [0.25, 0.3) is 0 Å². The second-order valence-electron chi connectivity index (χ2n) is 7.03. The summed E-state index contributed by atoms with van der Waals surface area (Å²) in [5.74, 6) is -0.279. The first-order valence-electron chi connectivity index (χ1n) is 9.47. The second-order valence-corrected chi connectivity index (χ2v) is 7.03. The molecule has 0 aromatic heterocycles. The molecule has 0 unspecified atom stereocenters. The molecule has 0 atom stereocenters. The Kier molecular flexibility index (Phi) is 6.09. The van der Waals surface area contributed by atoms with E-state index in [4.69, 9.17) is 0 Å². The van der Waals surface area contributed by atoms with Crippen molar-refractivity contribution in [3.8, 4) is 0 Å². The van der Waals surface area contributed by atoms with Gasteiger partial charge in [-0.05, 0) is 49.6 Å². The lowest BCUT2D eigenvalue weighted by Gasteiger charge is -2.31. The lowest BCUT2D eigenvalue weighted by molar-refractivity contribution is -0.125. The van der Waals surface area contributed by atoms with Gasteiger partial charge in [-0.1, -0.05) is 24.3 Å². The Morgan fingerprint density at radius 1 is 1.00 bits per heavy atom. The number of carbonyl (C=O) groups excluding carboxylic acids is 3. The van der Waals surface area contributed by atoms with Gasteiger partial charge in [0.05, 0.1) is 0 Å². The number of hydrogen-bond donors (Lipinski definition) is 2. The lowest BCUT2D eigenvalue weighted by Crippen LogP contribution is -2.42. The number of benzene rings is 2. The number of carbonyl (C=O) groups is 3. The number of nitrogens with one attached hydrogen (secondary N) is 2. The minimum Gasteiger partial charge on any atom is -0.359 e. The third kappa shape index (κ3) is 4.39. The summed E-state index contributed by atoms with van der Waals surface area (Å²) in [6, 6.07) is 14.3. The van der Waals surface area contributed by atoms with E-state index in [1.807, 2.05) is 25.1 Å². The normalized spacial score (nSPS) is 14.4. The number of aryl methyl sites for hydroxylation is 1. The Hall–Kier alpha value is -3.15. The van der Waals surface area contributed by atoms with Crippen molar-refractivity contribution in [2.24, 2.45) is 5.92 Å². The first kappa shape index (κ1) is 19.6. The molecular formula is C22H25N3O3. The molecule has 0 saturated carbocycles. The Labute approximate surface area is 164 Å². The Bertz CT molecular complexity index is 886. The minimum atomic E-state index is -0.200. The molecule has 1 aliphatic heterocycles. The molecule has 6 nitrogen and oxygen atoms in total. The quantitative estimate of drug-likeness (QED) is 0.857. The highest BCUT2D eigenvalue weighted by molar-refractivity contribution is 6.06. The molecule has 1 saturated heterocycles. The molecule has 0 radical (unpaired) electrons. The zero-order chi connectivity index (χ0) is 20.1. The predicted molar refractivity (Wildman–Crippen MR) is 108 cm³/mol. The fourth-order valence-electron chi connectivity index (χ4n) is 3.49. The molecule has 1 fully saturated rings. The van der Waals surface area contributed by atoms with E-state index in [0.29, 0.717) is 42.7 Å². The number of likely N-dealkylation sites (tertiary alicyclic amines) is 1. The topological polar surface area (TPSA) is 78.5 Å². The zero-order valence-corrected chi connectivity index (χ0v) is 16.2. The monoisotopic (exact) mass is 379 g/mol. The molecule has 2 N–H and O–H groups in total. The molecule has 0 bridgehead atoms. The van der Waals surface area contributed by atoms with Gasteiger partial charge in [-0.15, -0.1) is 0 Å². The largest absolute Gasteiger partial charge is 0.359 e. The Morgan fingerprint density at radius 3 is 2.39 bits per heavy atom. The highest BCUT2D eigenvalue weighted by atomic mass is 16.2. The maximum Gasteiger partial charge on any atom is 0.255 e. The van der Waals surface area contributed by atoms with Crippen LogP contribution in [0.1, 0.15) is 39.1 Å². The summed E-state index contributed by atoms with van der Waals surface area (Å²) in [4.78, 5) is 38.8. The standard InChI is InChI=1S/C22H25N3O3/c1-15-6-3-4-9-19(15)21(27)24-18-8-5-7-17(14-18)22(28)25-12-10-16(11-13-25)20(26)23-2/h3-9,14,16H,10-13H2,1-2H3,(H,23,26)(H,24,27). The van der Waals surface area contributed by atoms with Crippen molar-refractivity contribution in [2.45, 2.75) is 19.8 Å². The van der Waals surface area contributed by atoms with Gasteiger partial charge in [-0.3, -0.25) is 14.4 Å². The fourth-order valence-corrected chi connectivity index (χ4v) is 3.49. The van der Waals surface area contributed by atoms with Crippen molar-refractivity contribution < 1.29 is 14.4 Å². The summed E-state index contributed by atoms with van der Waals surface area (Å²) in [6.45, 7) is 2.99. The van der Waals surface area contributed by atoms with Gasteiger partial charge in [0.2, 0.25) is 5.91 Å². The zero-order valence-electron chi connectivity index (χ0n) is 16.2. The van der Waals surface area contributed by atoms with E-state index < -0.39 is 0 Å². The number of anilines is 1. The average molecular weight is 379 g/mol. The Morgan fingerprint density at radius 2 is 1.71 bits per heavy atom. The van der Waals surface area contributed by atoms with Gasteiger partial charge in [0, 0.05) is 42.9 Å². The molecule has 6 heteroatoms. The molecule has 1 heterocycles. The van der Waals surface area contributed by atoms with Crippen molar-refractivity contribution in [3.63, 3.8) is 0 Å². The molecule has 2 aromatic rings. The second kappa shape index (κ2) is 8.69. The van der Waals surface area contributed by atoms with Gasteiger partial charge in [0.15, 0.2) is 0 Å². The predicted octanol–water partition coefficient (Wildman–Crippen LogP) is 2.85. The number of hydrogen-bond acceptors (Lipinski definition) is 3. The number of amides is 3. The summed E-state index contributed by atoms with van der Waals surface area (Å²) in [6.07, 6.45) is 1.32. The number of rotatable bonds is 4. The van der Waals surface area contributed by atoms with E-state index >= 15 is 0 Å². The van der Waals surface area contributed by atoms with Crippen molar-refractivity contribution in [1.29, 1.82) is 0 Å². The van der Waals surface area contributed by atoms with Gasteiger partial charge in [0.1, 0.15) is 0 Å². The molecule has 3 rings (SSSR count). The summed E-state index contributed by atoms with van der Waals surface area (Å²) < 4.78 is 0.